The zero-order valence-electron chi connectivity index (χ0n) is 14.5. The van der Waals surface area contributed by atoms with E-state index in [2.05, 4.69) is 21.3 Å². The minimum atomic E-state index is -0.256. The number of urea groups is 2. The topological polar surface area (TPSA) is 82.3 Å². The largest absolute Gasteiger partial charge is 2.00 e. The van der Waals surface area contributed by atoms with E-state index in [9.17, 15) is 9.59 Å². The van der Waals surface area contributed by atoms with Crippen molar-refractivity contribution in [1.29, 1.82) is 0 Å². The fraction of sp³-hybridized carbons (Fsp3) is 0.100. The predicted molar refractivity (Wildman–Crippen MR) is 98.1 cm³/mol. The first-order valence-corrected chi connectivity index (χ1v) is 8.30. The first-order chi connectivity index (χ1) is 12.7. The van der Waals surface area contributed by atoms with Gasteiger partial charge in [-0.25, -0.2) is 9.59 Å². The van der Waals surface area contributed by atoms with E-state index in [1.807, 2.05) is 75.6 Å². The summed E-state index contributed by atoms with van der Waals surface area (Å²) < 4.78 is 0. The van der Waals surface area contributed by atoms with Gasteiger partial charge in [-0.2, -0.15) is 0 Å². The number of hydrogen-bond acceptors (Lipinski definition) is 2. The normalized spacial score (nSPS) is 17.2. The van der Waals surface area contributed by atoms with Crippen LogP contribution in [-0.4, -0.2) is 12.1 Å². The van der Waals surface area contributed by atoms with Gasteiger partial charge in [0.2, 0.25) is 0 Å². The molecule has 2 fully saturated rings. The molecule has 0 aromatic heterocycles. The molecule has 0 bridgehead atoms. The van der Waals surface area contributed by atoms with Crippen LogP contribution in [-0.2, 0) is 30.2 Å². The molecule has 1 aromatic rings. The Morgan fingerprint density at radius 1 is 0.704 bits per heavy atom. The number of hydrogen-bond donors (Lipinski definition) is 4. The standard InChI is InChI=1S/C20H20N4O2.Fe/c25-19(23-17-8-1-2-9-17)21-13-15-6-5-7-16(12-15)14-22-20(26)24-18-10-3-4-11-18;/h1-12H,13-14H2,(H2,21,23,25)(H2,22,24,26);/q;+2. The van der Waals surface area contributed by atoms with Gasteiger partial charge in [0.1, 0.15) is 0 Å². The molecule has 0 atom stereocenters. The molecule has 0 aliphatic heterocycles. The van der Waals surface area contributed by atoms with Crippen molar-refractivity contribution in [1.82, 2.24) is 21.3 Å². The maximum atomic E-state index is 11.8. The Morgan fingerprint density at radius 2 is 1.11 bits per heavy atom. The van der Waals surface area contributed by atoms with Gasteiger partial charge in [-0.05, 0) is 62.5 Å². The number of carbonyl (C=O) groups is 2. The maximum Gasteiger partial charge on any atom is 2.00 e. The van der Waals surface area contributed by atoms with E-state index in [0.717, 1.165) is 23.2 Å². The van der Waals surface area contributed by atoms with Crippen molar-refractivity contribution in [3.63, 3.8) is 0 Å². The summed E-state index contributed by atoms with van der Waals surface area (Å²) in [7, 11) is 0. The van der Waals surface area contributed by atoms with Gasteiger partial charge < -0.3 is 21.3 Å². The van der Waals surface area contributed by atoms with Crippen LogP contribution in [0.2, 0.25) is 0 Å². The fourth-order valence-corrected chi connectivity index (χ4v) is 2.48. The van der Waals surface area contributed by atoms with Crippen molar-refractivity contribution >= 4 is 12.1 Å². The van der Waals surface area contributed by atoms with Crippen molar-refractivity contribution in [3.05, 3.63) is 98.8 Å². The molecule has 3 rings (SSSR count). The first-order valence-electron chi connectivity index (χ1n) is 8.30. The molecule has 4 N–H and O–H groups in total. The summed E-state index contributed by atoms with van der Waals surface area (Å²) in [6.45, 7) is 0.806. The average molecular weight is 404 g/mol. The van der Waals surface area contributed by atoms with Gasteiger partial charge in [-0.1, -0.05) is 24.3 Å². The molecule has 2 aliphatic rings. The summed E-state index contributed by atoms with van der Waals surface area (Å²) in [5, 5.41) is 11.1. The van der Waals surface area contributed by atoms with Gasteiger partial charge in [-0.15, -0.1) is 0 Å². The van der Waals surface area contributed by atoms with Crippen LogP contribution in [0.25, 0.3) is 0 Å². The van der Waals surface area contributed by atoms with Crippen molar-refractivity contribution in [2.24, 2.45) is 0 Å². The number of rotatable bonds is 6. The minimum Gasteiger partial charge on any atom is -0.334 e. The Morgan fingerprint density at radius 3 is 1.52 bits per heavy atom. The van der Waals surface area contributed by atoms with Crippen LogP contribution in [0.3, 0.4) is 0 Å². The molecule has 0 heterocycles. The van der Waals surface area contributed by atoms with Crippen LogP contribution < -0.4 is 21.3 Å². The van der Waals surface area contributed by atoms with Crippen LogP contribution in [0.4, 0.5) is 9.59 Å². The summed E-state index contributed by atoms with van der Waals surface area (Å²) in [5.74, 6) is 0. The molecule has 0 saturated heterocycles. The summed E-state index contributed by atoms with van der Waals surface area (Å²) in [5.41, 5.74) is 1.91. The molecule has 2 saturated carbocycles. The van der Waals surface area contributed by atoms with E-state index < -0.39 is 0 Å². The summed E-state index contributed by atoms with van der Waals surface area (Å²) >= 11 is 0. The third kappa shape index (κ3) is 7.43. The van der Waals surface area contributed by atoms with E-state index in [4.69, 9.17) is 0 Å². The molecule has 0 unspecified atom stereocenters. The molecule has 6 nitrogen and oxygen atoms in total. The molecular formula is C20H20FeN4O2+2. The van der Waals surface area contributed by atoms with E-state index in [1.54, 1.807) is 0 Å². The minimum absolute atomic E-state index is 0. The SMILES string of the molecule is O=C(NCc1cccc(CNC(=O)N[C]2[CH][CH][CH][CH]2)c1)N[C]1[CH][CH][CH][CH]1.[Fe+2]. The molecule has 2 aliphatic carbocycles. The molecular weight excluding hydrogens is 384 g/mol. The van der Waals surface area contributed by atoms with Crippen molar-refractivity contribution in [2.45, 2.75) is 13.1 Å². The summed E-state index contributed by atoms with van der Waals surface area (Å²) in [6, 6.07) is 8.71. The van der Waals surface area contributed by atoms with Crippen molar-refractivity contribution < 1.29 is 26.7 Å². The molecule has 138 valence electrons. The van der Waals surface area contributed by atoms with Gasteiger partial charge in [0, 0.05) is 13.1 Å². The molecule has 27 heavy (non-hydrogen) atoms. The first kappa shape index (κ1) is 21.6. The number of amides is 4. The number of benzene rings is 1. The zero-order chi connectivity index (χ0) is 18.2. The van der Waals surface area contributed by atoms with Gasteiger partial charge in [0.25, 0.3) is 0 Å². The van der Waals surface area contributed by atoms with Gasteiger partial charge in [-0.3, -0.25) is 0 Å². The quantitative estimate of drug-likeness (QED) is 0.548. The second-order valence-corrected chi connectivity index (χ2v) is 5.78. The van der Waals surface area contributed by atoms with Crippen molar-refractivity contribution in [3.8, 4) is 0 Å². The smallest absolute Gasteiger partial charge is 0.334 e. The van der Waals surface area contributed by atoms with Crippen LogP contribution in [0, 0.1) is 63.5 Å². The Kier molecular flexibility index (Phi) is 8.95. The summed E-state index contributed by atoms with van der Waals surface area (Å²) in [4.78, 5) is 23.7. The zero-order valence-corrected chi connectivity index (χ0v) is 15.6. The average Bonchev–Trinajstić information content (AvgIpc) is 3.33. The molecule has 4 amide bonds. The van der Waals surface area contributed by atoms with Crippen LogP contribution >= 0.6 is 0 Å². The van der Waals surface area contributed by atoms with Gasteiger partial charge in [0.15, 0.2) is 0 Å². The fourth-order valence-electron chi connectivity index (χ4n) is 2.48. The van der Waals surface area contributed by atoms with E-state index in [0.29, 0.717) is 13.1 Å². The molecule has 1 aromatic carbocycles. The Hall–Kier alpha value is -1.72. The molecule has 0 spiro atoms. The third-order valence-corrected chi connectivity index (χ3v) is 3.74. The van der Waals surface area contributed by atoms with Crippen LogP contribution in [0.5, 0.6) is 0 Å². The second kappa shape index (κ2) is 11.2. The number of carbonyl (C=O) groups excluding carboxylic acids is 2. The van der Waals surface area contributed by atoms with Crippen LogP contribution in [0.15, 0.2) is 24.3 Å². The van der Waals surface area contributed by atoms with E-state index in [1.165, 1.54) is 0 Å². The van der Waals surface area contributed by atoms with Gasteiger partial charge >= 0.3 is 29.1 Å². The van der Waals surface area contributed by atoms with Crippen molar-refractivity contribution in [2.75, 3.05) is 0 Å². The Bertz CT molecular complexity index is 565. The third-order valence-electron chi connectivity index (χ3n) is 3.74. The predicted octanol–water partition coefficient (Wildman–Crippen LogP) is 2.01. The molecule has 7 heteroatoms. The van der Waals surface area contributed by atoms with Gasteiger partial charge in [0.05, 0.1) is 12.1 Å². The maximum absolute atomic E-state index is 11.8. The number of nitrogens with one attached hydrogen (secondary N) is 4. The monoisotopic (exact) mass is 404 g/mol. The Labute approximate surface area is 172 Å². The van der Waals surface area contributed by atoms with Crippen LogP contribution in [0.1, 0.15) is 11.1 Å². The molecule has 10 radical (unpaired) electrons. The second-order valence-electron chi connectivity index (χ2n) is 5.78. The van der Waals surface area contributed by atoms with E-state index in [-0.39, 0.29) is 29.1 Å². The van der Waals surface area contributed by atoms with E-state index >= 15 is 0 Å². The summed E-state index contributed by atoms with van der Waals surface area (Å²) in [6.07, 6.45) is 14.7. The Balaban J connectivity index is 0.00000261.